The van der Waals surface area contributed by atoms with Crippen molar-refractivity contribution >= 4 is 22.8 Å². The fourth-order valence-corrected chi connectivity index (χ4v) is 3.88. The molecule has 1 aliphatic heterocycles. The van der Waals surface area contributed by atoms with Crippen LogP contribution in [0.3, 0.4) is 0 Å². The predicted octanol–water partition coefficient (Wildman–Crippen LogP) is 2.08. The van der Waals surface area contributed by atoms with Crippen LogP contribution in [0.2, 0.25) is 0 Å². The van der Waals surface area contributed by atoms with E-state index in [9.17, 15) is 9.59 Å². The van der Waals surface area contributed by atoms with Gasteiger partial charge in [0, 0.05) is 32.4 Å². The molecule has 0 bridgehead atoms. The monoisotopic (exact) mass is 353 g/mol. The van der Waals surface area contributed by atoms with Crippen LogP contribution in [0.15, 0.2) is 27.8 Å². The summed E-state index contributed by atoms with van der Waals surface area (Å²) in [5.41, 5.74) is 3.86. The quantitative estimate of drug-likeness (QED) is 0.707. The van der Waals surface area contributed by atoms with E-state index < -0.39 is 0 Å². The van der Waals surface area contributed by atoms with Crippen molar-refractivity contribution in [2.45, 2.75) is 40.3 Å². The van der Waals surface area contributed by atoms with Gasteiger partial charge in [-0.1, -0.05) is 17.7 Å². The molecule has 7 heteroatoms. The van der Waals surface area contributed by atoms with Crippen molar-refractivity contribution in [3.63, 3.8) is 0 Å². The van der Waals surface area contributed by atoms with Gasteiger partial charge in [-0.15, -0.1) is 0 Å². The molecular weight excluding hydrogens is 330 g/mol. The normalized spacial score (nSPS) is 14.1. The molecule has 136 valence electrons. The Hall–Kier alpha value is -2.83. The molecule has 0 fully saturated rings. The van der Waals surface area contributed by atoms with Gasteiger partial charge in [-0.2, -0.15) is 4.98 Å². The molecule has 1 aliphatic rings. The number of anilines is 2. The van der Waals surface area contributed by atoms with Gasteiger partial charge >= 0.3 is 5.69 Å². The largest absolute Gasteiger partial charge is 0.332 e. The summed E-state index contributed by atoms with van der Waals surface area (Å²) in [6.45, 7) is 7.88. The standard InChI is InChI=1S/C19H23N5O2/c1-5-22-17(25)15-16(21(4)19(22)26)20-18-23(9-6-10-24(15)18)14-8-7-12(2)11-13(14)3/h7-8,11H,5-6,9-10H2,1-4H3. The third-order valence-corrected chi connectivity index (χ3v) is 5.18. The third kappa shape index (κ3) is 2.23. The summed E-state index contributed by atoms with van der Waals surface area (Å²) in [4.78, 5) is 32.2. The molecule has 0 N–H and O–H groups in total. The number of benzene rings is 1. The highest BCUT2D eigenvalue weighted by Crippen LogP contribution is 2.33. The van der Waals surface area contributed by atoms with Crippen LogP contribution in [0.25, 0.3) is 11.2 Å². The molecule has 3 heterocycles. The van der Waals surface area contributed by atoms with Crippen LogP contribution < -0.4 is 16.1 Å². The van der Waals surface area contributed by atoms with Crippen molar-refractivity contribution in [1.29, 1.82) is 0 Å². The lowest BCUT2D eigenvalue weighted by Crippen LogP contribution is -2.39. The van der Waals surface area contributed by atoms with Crippen molar-refractivity contribution in [3.8, 4) is 0 Å². The topological polar surface area (TPSA) is 65.1 Å². The molecule has 26 heavy (non-hydrogen) atoms. The Balaban J connectivity index is 2.02. The zero-order valence-corrected chi connectivity index (χ0v) is 15.6. The maximum absolute atomic E-state index is 12.9. The minimum absolute atomic E-state index is 0.258. The number of nitrogens with zero attached hydrogens (tertiary/aromatic N) is 5. The number of rotatable bonds is 2. The predicted molar refractivity (Wildman–Crippen MR) is 102 cm³/mol. The molecule has 0 unspecified atom stereocenters. The zero-order valence-electron chi connectivity index (χ0n) is 15.6. The van der Waals surface area contributed by atoms with Gasteiger partial charge in [0.15, 0.2) is 11.2 Å². The molecule has 0 aliphatic carbocycles. The van der Waals surface area contributed by atoms with Crippen LogP contribution in [0.5, 0.6) is 0 Å². The van der Waals surface area contributed by atoms with Gasteiger partial charge < -0.3 is 9.47 Å². The Morgan fingerprint density at radius 1 is 1.15 bits per heavy atom. The molecule has 0 saturated carbocycles. The summed E-state index contributed by atoms with van der Waals surface area (Å²) >= 11 is 0. The molecule has 0 spiro atoms. The van der Waals surface area contributed by atoms with Crippen molar-refractivity contribution < 1.29 is 0 Å². The molecule has 0 saturated heterocycles. The highest BCUT2D eigenvalue weighted by Gasteiger charge is 2.27. The number of hydrogen-bond acceptors (Lipinski definition) is 4. The van der Waals surface area contributed by atoms with Gasteiger partial charge in [0.1, 0.15) is 0 Å². The van der Waals surface area contributed by atoms with Gasteiger partial charge in [0.05, 0.1) is 0 Å². The van der Waals surface area contributed by atoms with E-state index in [0.717, 1.165) is 31.1 Å². The zero-order chi connectivity index (χ0) is 18.6. The van der Waals surface area contributed by atoms with E-state index in [1.54, 1.807) is 7.05 Å². The molecule has 2 aromatic heterocycles. The van der Waals surface area contributed by atoms with E-state index in [-0.39, 0.29) is 11.2 Å². The summed E-state index contributed by atoms with van der Waals surface area (Å²) in [7, 11) is 1.68. The summed E-state index contributed by atoms with van der Waals surface area (Å²) < 4.78 is 4.71. The molecule has 3 aromatic rings. The Bertz CT molecular complexity index is 1140. The van der Waals surface area contributed by atoms with Gasteiger partial charge in [0.2, 0.25) is 5.95 Å². The van der Waals surface area contributed by atoms with E-state index in [1.165, 1.54) is 20.3 Å². The van der Waals surface area contributed by atoms with Gasteiger partial charge in [-0.05, 0) is 38.8 Å². The number of aryl methyl sites for hydroxylation is 4. The van der Waals surface area contributed by atoms with Crippen LogP contribution in [-0.2, 0) is 20.1 Å². The second-order valence-electron chi connectivity index (χ2n) is 6.92. The van der Waals surface area contributed by atoms with Crippen molar-refractivity contribution in [1.82, 2.24) is 18.7 Å². The smallest absolute Gasteiger partial charge is 0.312 e. The molecule has 7 nitrogen and oxygen atoms in total. The number of fused-ring (bicyclic) bond motifs is 3. The average Bonchev–Trinajstić information content (AvgIpc) is 3.00. The van der Waals surface area contributed by atoms with E-state index in [2.05, 4.69) is 36.9 Å². The van der Waals surface area contributed by atoms with Crippen LogP contribution in [0, 0.1) is 13.8 Å². The third-order valence-electron chi connectivity index (χ3n) is 5.18. The Morgan fingerprint density at radius 2 is 1.92 bits per heavy atom. The van der Waals surface area contributed by atoms with Gasteiger partial charge in [-0.25, -0.2) is 4.79 Å². The first kappa shape index (κ1) is 16.6. The lowest BCUT2D eigenvalue weighted by Gasteiger charge is -2.30. The van der Waals surface area contributed by atoms with E-state index >= 15 is 0 Å². The fraction of sp³-hybridized carbons (Fsp3) is 0.421. The Kier molecular flexibility index (Phi) is 3.75. The van der Waals surface area contributed by atoms with E-state index in [1.807, 2.05) is 11.5 Å². The minimum Gasteiger partial charge on any atom is -0.312 e. The van der Waals surface area contributed by atoms with E-state index in [4.69, 9.17) is 4.98 Å². The number of aromatic nitrogens is 4. The SMILES string of the molecule is CCn1c(=O)c2c(nc3n2CCCN3c2ccc(C)cc2C)n(C)c1=O. The minimum atomic E-state index is -0.321. The Morgan fingerprint density at radius 3 is 2.62 bits per heavy atom. The van der Waals surface area contributed by atoms with Crippen LogP contribution in [0.1, 0.15) is 24.5 Å². The summed E-state index contributed by atoms with van der Waals surface area (Å²) in [6.07, 6.45) is 0.917. The first-order valence-electron chi connectivity index (χ1n) is 8.99. The fourth-order valence-electron chi connectivity index (χ4n) is 3.88. The molecule has 0 amide bonds. The second-order valence-corrected chi connectivity index (χ2v) is 6.92. The molecule has 0 atom stereocenters. The van der Waals surface area contributed by atoms with Crippen molar-refractivity contribution in [2.75, 3.05) is 11.4 Å². The van der Waals surface area contributed by atoms with Crippen LogP contribution >= 0.6 is 0 Å². The number of imidazole rings is 1. The molecule has 0 radical (unpaired) electrons. The van der Waals surface area contributed by atoms with Crippen LogP contribution in [-0.4, -0.2) is 25.2 Å². The summed E-state index contributed by atoms with van der Waals surface area (Å²) in [5, 5.41) is 0. The first-order chi connectivity index (χ1) is 12.4. The average molecular weight is 353 g/mol. The van der Waals surface area contributed by atoms with Gasteiger partial charge in [0.25, 0.3) is 5.56 Å². The van der Waals surface area contributed by atoms with Crippen LogP contribution in [0.4, 0.5) is 11.6 Å². The Labute approximate surface area is 151 Å². The lowest BCUT2D eigenvalue weighted by atomic mass is 10.1. The maximum Gasteiger partial charge on any atom is 0.332 e. The maximum atomic E-state index is 12.9. The summed E-state index contributed by atoms with van der Waals surface area (Å²) in [5.74, 6) is 0.735. The first-order valence-corrected chi connectivity index (χ1v) is 8.99. The van der Waals surface area contributed by atoms with Gasteiger partial charge in [-0.3, -0.25) is 13.9 Å². The highest BCUT2D eigenvalue weighted by molar-refractivity contribution is 5.77. The van der Waals surface area contributed by atoms with E-state index in [0.29, 0.717) is 17.7 Å². The highest BCUT2D eigenvalue weighted by atomic mass is 16.2. The van der Waals surface area contributed by atoms with Crippen molar-refractivity contribution in [3.05, 3.63) is 50.2 Å². The molecular formula is C19H23N5O2. The lowest BCUT2D eigenvalue weighted by molar-refractivity contribution is 0.594. The van der Waals surface area contributed by atoms with Crippen molar-refractivity contribution in [2.24, 2.45) is 7.05 Å². The second kappa shape index (κ2) is 5.86. The molecule has 4 rings (SSSR count). The summed E-state index contributed by atoms with van der Waals surface area (Å²) in [6, 6.07) is 6.34. The molecule has 1 aromatic carbocycles. The number of hydrogen-bond donors (Lipinski definition) is 0.